The third-order valence-corrected chi connectivity index (χ3v) is 5.99. The molecule has 0 saturated carbocycles. The molecular formula is C23H20N2O5S. The first-order chi connectivity index (χ1) is 15.0. The first kappa shape index (κ1) is 22.1. The first-order valence-corrected chi connectivity index (χ1v) is 10.4. The van der Waals surface area contributed by atoms with E-state index in [-0.39, 0.29) is 5.57 Å². The number of amides is 1. The zero-order valence-electron chi connectivity index (χ0n) is 17.0. The van der Waals surface area contributed by atoms with Crippen LogP contribution in [0.5, 0.6) is 0 Å². The highest BCUT2D eigenvalue weighted by Crippen LogP contribution is 2.40. The maximum absolute atomic E-state index is 12.8. The van der Waals surface area contributed by atoms with Crippen molar-refractivity contribution in [2.24, 2.45) is 5.92 Å². The van der Waals surface area contributed by atoms with Gasteiger partial charge in [-0.1, -0.05) is 42.5 Å². The molecule has 0 unspecified atom stereocenters. The standard InChI is InChI=1S/C23H20N2O5S/c1-29-22(27)16-10-8-15(9-11-16)18-17(12-24)21(25-20(26)19(18)23(28)30-2)31-13-14-6-4-3-5-7-14/h3-11,18-19H,13H2,1-2H3,(H,25,26)/t18-,19+/m0/s1. The van der Waals surface area contributed by atoms with Gasteiger partial charge in [-0.2, -0.15) is 5.26 Å². The number of thioether (sulfide) groups is 1. The van der Waals surface area contributed by atoms with Gasteiger partial charge < -0.3 is 14.8 Å². The number of nitriles is 1. The van der Waals surface area contributed by atoms with Crippen molar-refractivity contribution in [2.75, 3.05) is 14.2 Å². The number of benzene rings is 2. The van der Waals surface area contributed by atoms with Crippen molar-refractivity contribution in [3.05, 3.63) is 81.9 Å². The number of methoxy groups -OCH3 is 2. The topological polar surface area (TPSA) is 105 Å². The lowest BCUT2D eigenvalue weighted by Gasteiger charge is -2.31. The number of ether oxygens (including phenoxy) is 2. The molecule has 0 aliphatic carbocycles. The van der Waals surface area contributed by atoms with Gasteiger partial charge in [0.15, 0.2) is 0 Å². The van der Waals surface area contributed by atoms with Gasteiger partial charge in [0, 0.05) is 11.7 Å². The summed E-state index contributed by atoms with van der Waals surface area (Å²) in [6.45, 7) is 0. The van der Waals surface area contributed by atoms with Gasteiger partial charge in [-0.25, -0.2) is 4.79 Å². The van der Waals surface area contributed by atoms with Crippen molar-refractivity contribution < 1.29 is 23.9 Å². The summed E-state index contributed by atoms with van der Waals surface area (Å²) in [5.41, 5.74) is 2.16. The van der Waals surface area contributed by atoms with Gasteiger partial charge in [0.25, 0.3) is 0 Å². The van der Waals surface area contributed by atoms with Crippen LogP contribution in [0.25, 0.3) is 0 Å². The Kier molecular flexibility index (Phi) is 7.11. The Morgan fingerprint density at radius 1 is 1.06 bits per heavy atom. The molecule has 0 bridgehead atoms. The SMILES string of the molecule is COC(=O)c1ccc([C@H]2C(C#N)=C(SCc3ccccc3)NC(=O)[C@@H]2C(=O)OC)cc1. The molecule has 0 spiro atoms. The second-order valence-corrected chi connectivity index (χ2v) is 7.70. The summed E-state index contributed by atoms with van der Waals surface area (Å²) < 4.78 is 9.54. The van der Waals surface area contributed by atoms with Gasteiger partial charge in [0.1, 0.15) is 5.92 Å². The van der Waals surface area contributed by atoms with E-state index in [0.29, 0.717) is 21.9 Å². The number of carbonyl (C=O) groups excluding carboxylic acids is 3. The average Bonchev–Trinajstić information content (AvgIpc) is 2.82. The van der Waals surface area contributed by atoms with E-state index in [9.17, 15) is 19.6 Å². The highest BCUT2D eigenvalue weighted by molar-refractivity contribution is 8.02. The third-order valence-electron chi connectivity index (χ3n) is 4.90. The molecule has 2 atom stereocenters. The van der Waals surface area contributed by atoms with Crippen molar-refractivity contribution in [2.45, 2.75) is 11.7 Å². The second kappa shape index (κ2) is 9.96. The fourth-order valence-corrected chi connectivity index (χ4v) is 4.36. The van der Waals surface area contributed by atoms with E-state index in [0.717, 1.165) is 5.56 Å². The molecular weight excluding hydrogens is 416 g/mol. The zero-order chi connectivity index (χ0) is 22.4. The molecule has 3 rings (SSSR count). The van der Waals surface area contributed by atoms with E-state index < -0.39 is 29.7 Å². The molecule has 8 heteroatoms. The Balaban J connectivity index is 2.02. The summed E-state index contributed by atoms with van der Waals surface area (Å²) in [5, 5.41) is 13.0. The van der Waals surface area contributed by atoms with Crippen LogP contribution >= 0.6 is 11.8 Å². The van der Waals surface area contributed by atoms with Gasteiger partial charge in [0.2, 0.25) is 5.91 Å². The monoisotopic (exact) mass is 436 g/mol. The summed E-state index contributed by atoms with van der Waals surface area (Å²) in [4.78, 5) is 37.0. The van der Waals surface area contributed by atoms with E-state index in [1.807, 2.05) is 30.3 Å². The van der Waals surface area contributed by atoms with Crippen LogP contribution in [0.2, 0.25) is 0 Å². The normalized spacial score (nSPS) is 18.0. The van der Waals surface area contributed by atoms with Crippen LogP contribution in [0.3, 0.4) is 0 Å². The lowest BCUT2D eigenvalue weighted by Crippen LogP contribution is -2.44. The van der Waals surface area contributed by atoms with Gasteiger partial charge in [0.05, 0.1) is 36.5 Å². The molecule has 1 N–H and O–H groups in total. The summed E-state index contributed by atoms with van der Waals surface area (Å²) in [5.74, 6) is -3.30. The molecule has 1 amide bonds. The summed E-state index contributed by atoms with van der Waals surface area (Å²) in [6, 6.07) is 18.1. The van der Waals surface area contributed by atoms with E-state index in [4.69, 9.17) is 9.47 Å². The maximum atomic E-state index is 12.8. The Labute approximate surface area is 184 Å². The fraction of sp³-hybridized carbons (Fsp3) is 0.217. The van der Waals surface area contributed by atoms with E-state index in [1.165, 1.54) is 38.1 Å². The Morgan fingerprint density at radius 2 is 1.74 bits per heavy atom. The number of hydrogen-bond acceptors (Lipinski definition) is 7. The number of allylic oxidation sites excluding steroid dienone is 1. The van der Waals surface area contributed by atoms with Gasteiger partial charge in [-0.15, -0.1) is 11.8 Å². The number of nitrogens with one attached hydrogen (secondary N) is 1. The van der Waals surface area contributed by atoms with Crippen molar-refractivity contribution in [3.8, 4) is 6.07 Å². The quantitative estimate of drug-likeness (QED) is 0.548. The molecule has 1 aliphatic rings. The Morgan fingerprint density at radius 3 is 2.32 bits per heavy atom. The number of rotatable bonds is 6. The van der Waals surface area contributed by atoms with Crippen LogP contribution < -0.4 is 5.32 Å². The minimum Gasteiger partial charge on any atom is -0.468 e. The minimum atomic E-state index is -1.22. The molecule has 0 fully saturated rings. The van der Waals surface area contributed by atoms with Crippen LogP contribution in [-0.2, 0) is 24.8 Å². The molecule has 0 radical (unpaired) electrons. The van der Waals surface area contributed by atoms with Crippen LogP contribution in [0.15, 0.2) is 65.2 Å². The summed E-state index contributed by atoms with van der Waals surface area (Å²) >= 11 is 1.32. The minimum absolute atomic E-state index is 0.266. The van der Waals surface area contributed by atoms with Crippen molar-refractivity contribution in [1.29, 1.82) is 5.26 Å². The van der Waals surface area contributed by atoms with Crippen molar-refractivity contribution in [1.82, 2.24) is 5.32 Å². The molecule has 1 aliphatic heterocycles. The van der Waals surface area contributed by atoms with Crippen LogP contribution in [0.4, 0.5) is 0 Å². The zero-order valence-corrected chi connectivity index (χ0v) is 17.8. The van der Waals surface area contributed by atoms with Gasteiger partial charge in [-0.3, -0.25) is 9.59 Å². The largest absolute Gasteiger partial charge is 0.468 e. The number of hydrogen-bond donors (Lipinski definition) is 1. The maximum Gasteiger partial charge on any atom is 0.337 e. The number of esters is 2. The Hall–Kier alpha value is -3.57. The molecule has 0 aromatic heterocycles. The number of nitrogens with zero attached hydrogens (tertiary/aromatic N) is 1. The molecule has 2 aromatic carbocycles. The molecule has 0 saturated heterocycles. The molecule has 1 heterocycles. The molecule has 7 nitrogen and oxygen atoms in total. The van der Waals surface area contributed by atoms with Crippen molar-refractivity contribution >= 4 is 29.6 Å². The predicted molar refractivity (Wildman–Crippen MR) is 115 cm³/mol. The second-order valence-electron chi connectivity index (χ2n) is 6.71. The average molecular weight is 436 g/mol. The molecule has 31 heavy (non-hydrogen) atoms. The molecule has 2 aromatic rings. The van der Waals surface area contributed by atoms with Crippen molar-refractivity contribution in [3.63, 3.8) is 0 Å². The van der Waals surface area contributed by atoms with Gasteiger partial charge in [-0.05, 0) is 23.3 Å². The summed E-state index contributed by atoms with van der Waals surface area (Å²) in [6.07, 6.45) is 0. The highest BCUT2D eigenvalue weighted by atomic mass is 32.2. The van der Waals surface area contributed by atoms with Crippen LogP contribution in [0.1, 0.15) is 27.4 Å². The Bertz CT molecular complexity index is 1060. The molecule has 158 valence electrons. The predicted octanol–water partition coefficient (Wildman–Crippen LogP) is 3.14. The highest BCUT2D eigenvalue weighted by Gasteiger charge is 2.44. The third kappa shape index (κ3) is 4.78. The lowest BCUT2D eigenvalue weighted by atomic mass is 9.78. The van der Waals surface area contributed by atoms with E-state index in [1.54, 1.807) is 12.1 Å². The van der Waals surface area contributed by atoms with Crippen LogP contribution in [0, 0.1) is 17.2 Å². The lowest BCUT2D eigenvalue weighted by molar-refractivity contribution is -0.150. The number of carbonyl (C=O) groups is 3. The van der Waals surface area contributed by atoms with E-state index in [2.05, 4.69) is 11.4 Å². The smallest absolute Gasteiger partial charge is 0.337 e. The van der Waals surface area contributed by atoms with Crippen LogP contribution in [-0.4, -0.2) is 32.1 Å². The summed E-state index contributed by atoms with van der Waals surface area (Å²) in [7, 11) is 2.48. The van der Waals surface area contributed by atoms with E-state index >= 15 is 0 Å². The van der Waals surface area contributed by atoms with Gasteiger partial charge >= 0.3 is 11.9 Å². The fourth-order valence-electron chi connectivity index (χ4n) is 3.35. The first-order valence-electron chi connectivity index (χ1n) is 9.38.